The molecule has 0 spiro atoms. The number of hydrogen-bond acceptors (Lipinski definition) is 4. The van der Waals surface area contributed by atoms with Gasteiger partial charge in [-0.1, -0.05) is 30.3 Å². The molecule has 1 amide bonds. The Morgan fingerprint density at radius 2 is 1.81 bits per heavy atom. The number of amides is 1. The van der Waals surface area contributed by atoms with Crippen molar-refractivity contribution in [3.63, 3.8) is 0 Å². The zero-order chi connectivity index (χ0) is 18.1. The molecule has 7 nitrogen and oxygen atoms in total. The van der Waals surface area contributed by atoms with Crippen LogP contribution in [0.5, 0.6) is 0 Å². The van der Waals surface area contributed by atoms with E-state index in [4.69, 9.17) is 0 Å². The van der Waals surface area contributed by atoms with Crippen LogP contribution in [0.2, 0.25) is 0 Å². The van der Waals surface area contributed by atoms with Crippen molar-refractivity contribution >= 4 is 28.7 Å². The smallest absolute Gasteiger partial charge is 0.329 e. The topological polar surface area (TPSA) is 91.0 Å². The molecule has 0 atom stereocenters. The van der Waals surface area contributed by atoms with Gasteiger partial charge in [-0.15, -0.1) is 0 Å². The second-order valence-corrected chi connectivity index (χ2v) is 7.36. The average Bonchev–Trinajstić information content (AvgIpc) is 3.10. The van der Waals surface area contributed by atoms with E-state index >= 15 is 0 Å². The Labute approximate surface area is 153 Å². The number of aromatic nitrogens is 3. The number of fused-ring (bicyclic) bond motifs is 1. The number of H-pyrrole nitrogens is 2. The Morgan fingerprint density at radius 3 is 2.54 bits per heavy atom. The summed E-state index contributed by atoms with van der Waals surface area (Å²) in [4.78, 5) is 45.1. The lowest BCUT2D eigenvalue weighted by atomic mass is 10.1. The van der Waals surface area contributed by atoms with Gasteiger partial charge >= 0.3 is 5.69 Å². The number of carbonyl (C=O) groups excluding carboxylic acids is 1. The summed E-state index contributed by atoms with van der Waals surface area (Å²) >= 11 is 1.80. The van der Waals surface area contributed by atoms with Gasteiger partial charge in [-0.25, -0.2) is 9.36 Å². The molecule has 134 valence electrons. The second kappa shape index (κ2) is 6.87. The third kappa shape index (κ3) is 2.96. The lowest BCUT2D eigenvalue weighted by Gasteiger charge is -2.26. The molecule has 2 aromatic heterocycles. The number of thioether (sulfide) groups is 1. The molecule has 0 unspecified atom stereocenters. The molecule has 3 aromatic rings. The Kier molecular flexibility index (Phi) is 4.42. The van der Waals surface area contributed by atoms with Gasteiger partial charge in [0.1, 0.15) is 12.1 Å². The molecule has 26 heavy (non-hydrogen) atoms. The molecular weight excluding hydrogens is 352 g/mol. The van der Waals surface area contributed by atoms with Crippen LogP contribution >= 0.6 is 11.8 Å². The quantitative estimate of drug-likeness (QED) is 0.726. The van der Waals surface area contributed by atoms with Crippen LogP contribution in [0.15, 0.2) is 46.1 Å². The first-order valence-corrected chi connectivity index (χ1v) is 9.56. The highest BCUT2D eigenvalue weighted by molar-refractivity contribution is 7.99. The number of nitrogens with zero attached hydrogens (tertiary/aromatic N) is 2. The standard InChI is InChI=1S/C18H18N4O3S/c23-14(21-6-8-26-9-7-21)11-22-17(24)16-15(20-18(22)25)13(10-19-16)12-4-2-1-3-5-12/h1-5,10,19H,6-9,11H2,(H,20,25). The molecule has 1 fully saturated rings. The molecule has 8 heteroatoms. The van der Waals surface area contributed by atoms with E-state index in [1.54, 1.807) is 22.9 Å². The summed E-state index contributed by atoms with van der Waals surface area (Å²) in [5, 5.41) is 0. The maximum absolute atomic E-state index is 12.7. The Morgan fingerprint density at radius 1 is 1.08 bits per heavy atom. The van der Waals surface area contributed by atoms with E-state index in [0.29, 0.717) is 24.1 Å². The predicted molar refractivity (Wildman–Crippen MR) is 103 cm³/mol. The fourth-order valence-corrected chi connectivity index (χ4v) is 4.06. The molecule has 3 heterocycles. The fourth-order valence-electron chi connectivity index (χ4n) is 3.16. The van der Waals surface area contributed by atoms with E-state index in [2.05, 4.69) is 9.97 Å². The summed E-state index contributed by atoms with van der Waals surface area (Å²) in [6.07, 6.45) is 1.70. The molecule has 0 saturated carbocycles. The highest BCUT2D eigenvalue weighted by atomic mass is 32.2. The minimum absolute atomic E-state index is 0.202. The Balaban J connectivity index is 1.72. The largest absolute Gasteiger partial charge is 0.355 e. The van der Waals surface area contributed by atoms with Crippen molar-refractivity contribution in [1.29, 1.82) is 0 Å². The maximum Gasteiger partial charge on any atom is 0.329 e. The third-order valence-electron chi connectivity index (χ3n) is 4.56. The number of aromatic amines is 2. The molecule has 1 aromatic carbocycles. The molecule has 0 aliphatic carbocycles. The highest BCUT2D eigenvalue weighted by Crippen LogP contribution is 2.24. The van der Waals surface area contributed by atoms with Gasteiger partial charge in [0.25, 0.3) is 5.56 Å². The minimum Gasteiger partial charge on any atom is -0.355 e. The van der Waals surface area contributed by atoms with Crippen molar-refractivity contribution in [2.45, 2.75) is 6.54 Å². The predicted octanol–water partition coefficient (Wildman–Crippen LogP) is 1.26. The van der Waals surface area contributed by atoms with Gasteiger partial charge in [0.2, 0.25) is 5.91 Å². The van der Waals surface area contributed by atoms with Gasteiger partial charge in [0.15, 0.2) is 0 Å². The van der Waals surface area contributed by atoms with Crippen molar-refractivity contribution in [3.05, 3.63) is 57.4 Å². The van der Waals surface area contributed by atoms with Crippen LogP contribution in [0.1, 0.15) is 0 Å². The van der Waals surface area contributed by atoms with Crippen molar-refractivity contribution in [2.24, 2.45) is 0 Å². The van der Waals surface area contributed by atoms with Crippen LogP contribution in [0.25, 0.3) is 22.2 Å². The number of nitrogens with one attached hydrogen (secondary N) is 2. The van der Waals surface area contributed by atoms with Crippen molar-refractivity contribution in [2.75, 3.05) is 24.6 Å². The molecule has 1 aliphatic heterocycles. The van der Waals surface area contributed by atoms with Crippen LogP contribution in [-0.4, -0.2) is 49.9 Å². The van der Waals surface area contributed by atoms with Crippen LogP contribution in [0.4, 0.5) is 0 Å². The molecule has 0 bridgehead atoms. The Hall–Kier alpha value is -2.74. The summed E-state index contributed by atoms with van der Waals surface area (Å²) in [5.41, 5.74) is 1.36. The van der Waals surface area contributed by atoms with Gasteiger partial charge in [-0.3, -0.25) is 9.59 Å². The first kappa shape index (κ1) is 16.7. The van der Waals surface area contributed by atoms with E-state index < -0.39 is 11.2 Å². The molecule has 1 saturated heterocycles. The number of rotatable bonds is 3. The van der Waals surface area contributed by atoms with Crippen LogP contribution in [0, 0.1) is 0 Å². The van der Waals surface area contributed by atoms with Crippen molar-refractivity contribution < 1.29 is 4.79 Å². The number of benzene rings is 1. The number of carbonyl (C=O) groups is 1. The maximum atomic E-state index is 12.7. The van der Waals surface area contributed by atoms with Crippen LogP contribution in [-0.2, 0) is 11.3 Å². The van der Waals surface area contributed by atoms with Gasteiger partial charge in [-0.05, 0) is 5.56 Å². The first-order chi connectivity index (χ1) is 12.6. The third-order valence-corrected chi connectivity index (χ3v) is 5.50. The van der Waals surface area contributed by atoms with Gasteiger partial charge in [0.05, 0.1) is 5.52 Å². The van der Waals surface area contributed by atoms with Gasteiger partial charge < -0.3 is 14.9 Å². The number of hydrogen-bond donors (Lipinski definition) is 2. The zero-order valence-electron chi connectivity index (χ0n) is 14.0. The van der Waals surface area contributed by atoms with Crippen LogP contribution < -0.4 is 11.2 Å². The van der Waals surface area contributed by atoms with Crippen LogP contribution in [0.3, 0.4) is 0 Å². The van der Waals surface area contributed by atoms with E-state index in [0.717, 1.165) is 27.2 Å². The summed E-state index contributed by atoms with van der Waals surface area (Å²) in [6, 6.07) is 9.50. The van der Waals surface area contributed by atoms with Gasteiger partial charge in [0, 0.05) is 36.4 Å². The second-order valence-electron chi connectivity index (χ2n) is 6.13. The highest BCUT2D eigenvalue weighted by Gasteiger charge is 2.20. The van der Waals surface area contributed by atoms with E-state index in [9.17, 15) is 14.4 Å². The summed E-state index contributed by atoms with van der Waals surface area (Å²) in [6.45, 7) is 1.06. The minimum atomic E-state index is -0.570. The van der Waals surface area contributed by atoms with Crippen molar-refractivity contribution in [1.82, 2.24) is 19.4 Å². The van der Waals surface area contributed by atoms with Crippen molar-refractivity contribution in [3.8, 4) is 11.1 Å². The SMILES string of the molecule is O=C(Cn1c(=O)[nH]c2c(-c3ccccc3)c[nH]c2c1=O)N1CCSCC1. The fraction of sp³-hybridized carbons (Fsp3) is 0.278. The van der Waals surface area contributed by atoms with E-state index in [1.165, 1.54) is 0 Å². The van der Waals surface area contributed by atoms with Gasteiger partial charge in [-0.2, -0.15) is 11.8 Å². The lowest BCUT2D eigenvalue weighted by molar-refractivity contribution is -0.131. The molecule has 2 N–H and O–H groups in total. The molecular formula is C18H18N4O3S. The lowest BCUT2D eigenvalue weighted by Crippen LogP contribution is -2.44. The molecule has 1 aliphatic rings. The molecule has 4 rings (SSSR count). The summed E-state index contributed by atoms with van der Waals surface area (Å²) < 4.78 is 0.970. The monoisotopic (exact) mass is 370 g/mol. The van der Waals surface area contributed by atoms with E-state index in [-0.39, 0.29) is 12.5 Å². The zero-order valence-corrected chi connectivity index (χ0v) is 14.8. The first-order valence-electron chi connectivity index (χ1n) is 8.40. The average molecular weight is 370 g/mol. The summed E-state index contributed by atoms with van der Waals surface area (Å²) in [7, 11) is 0. The van der Waals surface area contributed by atoms with E-state index in [1.807, 2.05) is 30.3 Å². The molecule has 0 radical (unpaired) electrons. The Bertz CT molecular complexity index is 1060. The summed E-state index contributed by atoms with van der Waals surface area (Å²) in [5.74, 6) is 1.56. The normalized spacial score (nSPS) is 14.7.